The van der Waals surface area contributed by atoms with E-state index in [1.807, 2.05) is 0 Å². The van der Waals surface area contributed by atoms with E-state index in [1.165, 1.54) is 30.7 Å². The second-order valence-electron chi connectivity index (χ2n) is 7.72. The zero-order valence-electron chi connectivity index (χ0n) is 16.6. The van der Waals surface area contributed by atoms with E-state index in [4.69, 9.17) is 5.73 Å². The summed E-state index contributed by atoms with van der Waals surface area (Å²) in [6.07, 6.45) is 3.80. The highest BCUT2D eigenvalue weighted by atomic mass is 19.1. The summed E-state index contributed by atoms with van der Waals surface area (Å²) in [6, 6.07) is 7.82. The molecular formula is C22H21F2N5O2. The Morgan fingerprint density at radius 2 is 1.94 bits per heavy atom. The van der Waals surface area contributed by atoms with Gasteiger partial charge in [-0.25, -0.2) is 18.7 Å². The average molecular weight is 425 g/mol. The molecule has 0 radical (unpaired) electrons. The van der Waals surface area contributed by atoms with Crippen molar-refractivity contribution < 1.29 is 18.7 Å². The lowest BCUT2D eigenvalue weighted by Crippen LogP contribution is -2.49. The number of phenolic OH excluding ortho intramolecular Hbond substituents is 1. The number of rotatable bonds is 7. The minimum atomic E-state index is -0.998. The number of aromatic nitrogens is 3. The van der Waals surface area contributed by atoms with Crippen LogP contribution in [0.2, 0.25) is 0 Å². The number of carbonyl (C=O) groups is 1. The third-order valence-corrected chi connectivity index (χ3v) is 5.52. The molecule has 1 aromatic carbocycles. The molecular weight excluding hydrogens is 404 g/mol. The Kier molecular flexibility index (Phi) is 5.50. The summed E-state index contributed by atoms with van der Waals surface area (Å²) >= 11 is 0. The zero-order valence-corrected chi connectivity index (χ0v) is 16.6. The molecule has 160 valence electrons. The fourth-order valence-corrected chi connectivity index (χ4v) is 3.95. The summed E-state index contributed by atoms with van der Waals surface area (Å²) in [6.45, 7) is 0.236. The van der Waals surface area contributed by atoms with E-state index in [-0.39, 0.29) is 43.2 Å². The van der Waals surface area contributed by atoms with E-state index in [2.05, 4.69) is 20.3 Å². The third kappa shape index (κ3) is 4.16. The summed E-state index contributed by atoms with van der Waals surface area (Å²) in [7, 11) is 0. The van der Waals surface area contributed by atoms with Gasteiger partial charge in [0, 0.05) is 47.2 Å². The number of pyridine rings is 1. The first-order valence-corrected chi connectivity index (χ1v) is 9.78. The van der Waals surface area contributed by atoms with Crippen molar-refractivity contribution in [3.8, 4) is 16.9 Å². The van der Waals surface area contributed by atoms with Gasteiger partial charge in [0.1, 0.15) is 17.7 Å². The summed E-state index contributed by atoms with van der Waals surface area (Å²) < 4.78 is 27.9. The number of alkyl halides is 1. The molecule has 1 fully saturated rings. The zero-order chi connectivity index (χ0) is 22.0. The van der Waals surface area contributed by atoms with Gasteiger partial charge in [-0.2, -0.15) is 0 Å². The minimum Gasteiger partial charge on any atom is -0.507 e. The second kappa shape index (κ2) is 8.25. The number of para-hydroxylation sites is 1. The number of hydrogen-bond acceptors (Lipinski definition) is 6. The SMILES string of the molecule is NC(=O)Cc1cccc(-c2cnc(NCC3(c4ncccc4F)CC(F)C3)nc2)c1O. The number of nitrogens with zero attached hydrogens (tertiary/aromatic N) is 3. The Morgan fingerprint density at radius 3 is 2.58 bits per heavy atom. The Bertz CT molecular complexity index is 1100. The molecule has 9 heteroatoms. The van der Waals surface area contributed by atoms with Crippen LogP contribution in [0.15, 0.2) is 48.9 Å². The first-order chi connectivity index (χ1) is 14.9. The van der Waals surface area contributed by atoms with Crippen molar-refractivity contribution in [2.24, 2.45) is 5.73 Å². The lowest BCUT2D eigenvalue weighted by molar-refractivity contribution is -0.117. The number of carbonyl (C=O) groups excluding carboxylic acids is 1. The molecule has 1 amide bonds. The molecule has 7 nitrogen and oxygen atoms in total. The lowest BCUT2D eigenvalue weighted by atomic mass is 9.65. The number of benzene rings is 1. The van der Waals surface area contributed by atoms with E-state index in [0.717, 1.165) is 0 Å². The first-order valence-electron chi connectivity index (χ1n) is 9.78. The van der Waals surface area contributed by atoms with Gasteiger partial charge in [0.15, 0.2) is 0 Å². The van der Waals surface area contributed by atoms with E-state index < -0.39 is 23.3 Å². The maximum atomic E-state index is 14.3. The number of nitrogens with two attached hydrogens (primary N) is 1. The van der Waals surface area contributed by atoms with Crippen LogP contribution in [0.4, 0.5) is 14.7 Å². The Balaban J connectivity index is 1.51. The van der Waals surface area contributed by atoms with Gasteiger partial charge >= 0.3 is 0 Å². The predicted molar refractivity (Wildman–Crippen MR) is 111 cm³/mol. The van der Waals surface area contributed by atoms with Crippen LogP contribution in [0, 0.1) is 5.82 Å². The maximum Gasteiger partial charge on any atom is 0.222 e. The molecule has 2 aromatic heterocycles. The molecule has 0 atom stereocenters. The highest BCUT2D eigenvalue weighted by Gasteiger charge is 2.48. The van der Waals surface area contributed by atoms with E-state index in [0.29, 0.717) is 16.7 Å². The van der Waals surface area contributed by atoms with Crippen molar-refractivity contribution in [2.75, 3.05) is 11.9 Å². The third-order valence-electron chi connectivity index (χ3n) is 5.52. The fourth-order valence-electron chi connectivity index (χ4n) is 3.95. The highest BCUT2D eigenvalue weighted by Crippen LogP contribution is 2.45. The largest absolute Gasteiger partial charge is 0.507 e. The normalized spacial score (nSPS) is 20.1. The van der Waals surface area contributed by atoms with Crippen molar-refractivity contribution in [1.29, 1.82) is 0 Å². The quantitative estimate of drug-likeness (QED) is 0.536. The molecule has 2 heterocycles. The fraction of sp³-hybridized carbons (Fsp3) is 0.273. The van der Waals surface area contributed by atoms with Gasteiger partial charge in [-0.15, -0.1) is 0 Å². The molecule has 0 spiro atoms. The van der Waals surface area contributed by atoms with Crippen LogP contribution in [0.3, 0.4) is 0 Å². The van der Waals surface area contributed by atoms with Gasteiger partial charge in [-0.05, 0) is 25.0 Å². The molecule has 0 aliphatic heterocycles. The molecule has 1 saturated carbocycles. The molecule has 1 aliphatic rings. The Morgan fingerprint density at radius 1 is 1.19 bits per heavy atom. The van der Waals surface area contributed by atoms with Crippen LogP contribution in [0.1, 0.15) is 24.1 Å². The molecule has 1 aliphatic carbocycles. The molecule has 31 heavy (non-hydrogen) atoms. The molecule has 4 rings (SSSR count). The molecule has 3 aromatic rings. The van der Waals surface area contributed by atoms with Crippen molar-refractivity contribution in [3.63, 3.8) is 0 Å². The molecule has 0 unspecified atom stereocenters. The van der Waals surface area contributed by atoms with Gasteiger partial charge in [0.25, 0.3) is 0 Å². The maximum absolute atomic E-state index is 14.3. The standard InChI is InChI=1S/C22H21F2N5O2/c23-15-8-22(9-15,20-17(24)5-2-6-26-20)12-29-21-27-10-14(11-28-21)16-4-1-3-13(19(16)31)7-18(25)30/h1-6,10-11,15,31H,7-9,12H2,(H2,25,30)(H,27,28,29). The summed E-state index contributed by atoms with van der Waals surface area (Å²) in [5.41, 5.74) is 6.13. The van der Waals surface area contributed by atoms with Crippen LogP contribution >= 0.6 is 0 Å². The summed E-state index contributed by atoms with van der Waals surface area (Å²) in [4.78, 5) is 23.8. The molecule has 0 bridgehead atoms. The monoisotopic (exact) mass is 425 g/mol. The van der Waals surface area contributed by atoms with Crippen LogP contribution in [-0.4, -0.2) is 38.7 Å². The number of amides is 1. The lowest BCUT2D eigenvalue weighted by Gasteiger charge is -2.43. The number of nitrogens with one attached hydrogen (secondary N) is 1. The Hall–Kier alpha value is -3.62. The second-order valence-corrected chi connectivity index (χ2v) is 7.72. The van der Waals surface area contributed by atoms with Crippen molar-refractivity contribution in [1.82, 2.24) is 15.0 Å². The summed E-state index contributed by atoms with van der Waals surface area (Å²) in [5, 5.41) is 13.5. The molecule has 4 N–H and O–H groups in total. The summed E-state index contributed by atoms with van der Waals surface area (Å²) in [5.74, 6) is -0.778. The average Bonchev–Trinajstić information content (AvgIpc) is 2.72. The smallest absolute Gasteiger partial charge is 0.222 e. The van der Waals surface area contributed by atoms with Crippen LogP contribution in [0.5, 0.6) is 5.75 Å². The number of hydrogen-bond donors (Lipinski definition) is 3. The first kappa shape index (κ1) is 20.6. The van der Waals surface area contributed by atoms with Gasteiger partial charge in [0.2, 0.25) is 11.9 Å². The van der Waals surface area contributed by atoms with E-state index in [1.54, 1.807) is 18.2 Å². The number of halogens is 2. The van der Waals surface area contributed by atoms with Gasteiger partial charge in [0.05, 0.1) is 12.1 Å². The van der Waals surface area contributed by atoms with Gasteiger partial charge in [-0.1, -0.05) is 18.2 Å². The van der Waals surface area contributed by atoms with Crippen LogP contribution in [0.25, 0.3) is 11.1 Å². The van der Waals surface area contributed by atoms with Crippen LogP contribution < -0.4 is 11.1 Å². The van der Waals surface area contributed by atoms with E-state index >= 15 is 0 Å². The number of phenols is 1. The van der Waals surface area contributed by atoms with E-state index in [9.17, 15) is 18.7 Å². The van der Waals surface area contributed by atoms with Gasteiger partial charge < -0.3 is 16.2 Å². The number of aromatic hydroxyl groups is 1. The predicted octanol–water partition coefficient (Wildman–Crippen LogP) is 2.89. The number of primary amides is 1. The van der Waals surface area contributed by atoms with Gasteiger partial charge in [-0.3, -0.25) is 9.78 Å². The highest BCUT2D eigenvalue weighted by molar-refractivity contribution is 5.80. The van der Waals surface area contributed by atoms with Crippen molar-refractivity contribution in [2.45, 2.75) is 30.8 Å². The topological polar surface area (TPSA) is 114 Å². The minimum absolute atomic E-state index is 0.0568. The van der Waals surface area contributed by atoms with Crippen molar-refractivity contribution >= 4 is 11.9 Å². The van der Waals surface area contributed by atoms with Crippen LogP contribution in [-0.2, 0) is 16.6 Å². The number of anilines is 1. The van der Waals surface area contributed by atoms with Crippen molar-refractivity contribution in [3.05, 3.63) is 66.0 Å². The Labute approximate surface area is 177 Å². The molecule has 0 saturated heterocycles.